The van der Waals surface area contributed by atoms with Crippen LogP contribution in [0.15, 0.2) is 53.1 Å². The van der Waals surface area contributed by atoms with Crippen molar-refractivity contribution < 1.29 is 23.6 Å². The van der Waals surface area contributed by atoms with Gasteiger partial charge in [0.25, 0.3) is 0 Å². The first-order valence-electron chi connectivity index (χ1n) is 10.9. The highest BCUT2D eigenvalue weighted by Gasteiger charge is 2.55. The molecule has 170 valence electrons. The van der Waals surface area contributed by atoms with E-state index in [4.69, 9.17) is 25.6 Å². The van der Waals surface area contributed by atoms with Crippen molar-refractivity contribution in [3.05, 3.63) is 65.0 Å². The second-order valence-corrected chi connectivity index (χ2v) is 8.53. The SMILES string of the molecule is CCOC(=O)c1ccc(NC(=O)C2C3CCC(O3)C2c2nc(-c3ccc(Cl)cc3)no2)cc1. The number of carbonyl (C=O) groups excluding carboxylic acids is 2. The number of amides is 1. The van der Waals surface area contributed by atoms with E-state index in [0.29, 0.717) is 34.6 Å². The van der Waals surface area contributed by atoms with Crippen LogP contribution >= 0.6 is 11.6 Å². The fourth-order valence-electron chi connectivity index (χ4n) is 4.54. The van der Waals surface area contributed by atoms with Crippen molar-refractivity contribution in [1.82, 2.24) is 10.1 Å². The lowest BCUT2D eigenvalue weighted by molar-refractivity contribution is -0.121. The van der Waals surface area contributed by atoms with Crippen molar-refractivity contribution in [1.29, 1.82) is 0 Å². The number of rotatable bonds is 6. The average Bonchev–Trinajstić information content (AvgIpc) is 3.56. The van der Waals surface area contributed by atoms with Crippen LogP contribution in [0.1, 0.15) is 41.9 Å². The molecule has 4 atom stereocenters. The molecule has 2 saturated heterocycles. The second kappa shape index (κ2) is 8.96. The highest BCUT2D eigenvalue weighted by atomic mass is 35.5. The number of nitrogens with zero attached hydrogens (tertiary/aromatic N) is 2. The van der Waals surface area contributed by atoms with E-state index in [1.54, 1.807) is 43.3 Å². The number of hydrogen-bond acceptors (Lipinski definition) is 7. The van der Waals surface area contributed by atoms with Gasteiger partial charge in [-0.1, -0.05) is 16.8 Å². The fraction of sp³-hybridized carbons (Fsp3) is 0.333. The molecule has 5 rings (SSSR count). The quantitative estimate of drug-likeness (QED) is 0.533. The molecular weight excluding hydrogens is 446 g/mol. The lowest BCUT2D eigenvalue weighted by Crippen LogP contribution is -2.36. The number of halogens is 1. The van der Waals surface area contributed by atoms with Crippen LogP contribution < -0.4 is 5.32 Å². The minimum Gasteiger partial charge on any atom is -0.462 e. The largest absolute Gasteiger partial charge is 0.462 e. The molecule has 4 unspecified atom stereocenters. The Morgan fingerprint density at radius 2 is 1.82 bits per heavy atom. The number of esters is 1. The van der Waals surface area contributed by atoms with Crippen LogP contribution in [0.2, 0.25) is 5.02 Å². The van der Waals surface area contributed by atoms with Crippen molar-refractivity contribution >= 4 is 29.2 Å². The molecule has 1 N–H and O–H groups in total. The maximum absolute atomic E-state index is 13.2. The summed E-state index contributed by atoms with van der Waals surface area (Å²) in [6, 6.07) is 13.8. The van der Waals surface area contributed by atoms with E-state index in [1.807, 2.05) is 12.1 Å². The normalized spacial score (nSPS) is 23.5. The molecule has 2 aliphatic heterocycles. The maximum Gasteiger partial charge on any atom is 0.338 e. The third-order valence-corrected chi connectivity index (χ3v) is 6.32. The number of carbonyl (C=O) groups is 2. The number of anilines is 1. The van der Waals surface area contributed by atoms with Crippen LogP contribution in [-0.4, -0.2) is 40.8 Å². The van der Waals surface area contributed by atoms with Crippen molar-refractivity contribution in [2.45, 2.75) is 37.9 Å². The molecule has 1 amide bonds. The number of ether oxygens (including phenoxy) is 2. The number of benzene rings is 2. The summed E-state index contributed by atoms with van der Waals surface area (Å²) in [5.74, 6) is -0.515. The van der Waals surface area contributed by atoms with Crippen LogP contribution in [0.3, 0.4) is 0 Å². The average molecular weight is 468 g/mol. The van der Waals surface area contributed by atoms with Crippen LogP contribution in [0.4, 0.5) is 5.69 Å². The van der Waals surface area contributed by atoms with Crippen LogP contribution in [0.25, 0.3) is 11.4 Å². The van der Waals surface area contributed by atoms with Gasteiger partial charge in [-0.2, -0.15) is 4.98 Å². The van der Waals surface area contributed by atoms with Crippen molar-refractivity contribution in [2.24, 2.45) is 5.92 Å². The van der Waals surface area contributed by atoms with Gasteiger partial charge in [0.05, 0.1) is 36.2 Å². The maximum atomic E-state index is 13.2. The van der Waals surface area contributed by atoms with Gasteiger partial charge in [-0.3, -0.25) is 4.79 Å². The molecule has 8 nitrogen and oxygen atoms in total. The first-order chi connectivity index (χ1) is 16.0. The zero-order valence-corrected chi connectivity index (χ0v) is 18.6. The molecule has 3 heterocycles. The Morgan fingerprint density at radius 3 is 2.55 bits per heavy atom. The molecule has 0 aliphatic carbocycles. The summed E-state index contributed by atoms with van der Waals surface area (Å²) in [6.45, 7) is 2.06. The lowest BCUT2D eigenvalue weighted by atomic mass is 9.78. The van der Waals surface area contributed by atoms with Gasteiger partial charge >= 0.3 is 5.97 Å². The summed E-state index contributed by atoms with van der Waals surface area (Å²) >= 11 is 5.96. The van der Waals surface area contributed by atoms with Crippen molar-refractivity contribution in [3.63, 3.8) is 0 Å². The standard InChI is InChI=1S/C24H22ClN3O5/c1-2-31-24(30)14-5-9-16(10-6-14)26-22(29)19-17-11-12-18(32-17)20(19)23-27-21(28-33-23)13-3-7-15(25)8-4-13/h3-10,17-20H,2,11-12H2,1H3,(H,26,29). The van der Waals surface area contributed by atoms with E-state index < -0.39 is 11.9 Å². The van der Waals surface area contributed by atoms with Crippen LogP contribution in [0, 0.1) is 5.92 Å². The van der Waals surface area contributed by atoms with Gasteiger partial charge < -0.3 is 19.3 Å². The van der Waals surface area contributed by atoms with Crippen LogP contribution in [0.5, 0.6) is 0 Å². The number of fused-ring (bicyclic) bond motifs is 2. The van der Waals surface area contributed by atoms with Gasteiger partial charge in [-0.15, -0.1) is 0 Å². The lowest BCUT2D eigenvalue weighted by Gasteiger charge is -2.24. The predicted molar refractivity (Wildman–Crippen MR) is 120 cm³/mol. The monoisotopic (exact) mass is 467 g/mol. The topological polar surface area (TPSA) is 104 Å². The Balaban J connectivity index is 1.34. The Hall–Kier alpha value is -3.23. The Labute approximate surface area is 195 Å². The molecule has 0 radical (unpaired) electrons. The number of nitrogens with one attached hydrogen (secondary N) is 1. The Bertz CT molecular complexity index is 1160. The third kappa shape index (κ3) is 4.24. The van der Waals surface area contributed by atoms with Crippen molar-refractivity contribution in [2.75, 3.05) is 11.9 Å². The van der Waals surface area contributed by atoms with Gasteiger partial charge in [0, 0.05) is 16.3 Å². The number of hydrogen-bond donors (Lipinski definition) is 1. The molecule has 9 heteroatoms. The molecule has 33 heavy (non-hydrogen) atoms. The Kier molecular flexibility index (Phi) is 5.86. The predicted octanol–water partition coefficient (Wildman–Crippen LogP) is 4.47. The summed E-state index contributed by atoms with van der Waals surface area (Å²) < 4.78 is 16.6. The molecule has 2 aromatic carbocycles. The summed E-state index contributed by atoms with van der Waals surface area (Å²) in [7, 11) is 0. The Morgan fingerprint density at radius 1 is 1.09 bits per heavy atom. The summed E-state index contributed by atoms with van der Waals surface area (Å²) in [5.41, 5.74) is 1.79. The minimum absolute atomic E-state index is 0.143. The summed E-state index contributed by atoms with van der Waals surface area (Å²) in [4.78, 5) is 29.6. The molecule has 2 bridgehead atoms. The van der Waals surface area contributed by atoms with Gasteiger partial charge in [-0.05, 0) is 68.3 Å². The summed E-state index contributed by atoms with van der Waals surface area (Å²) in [6.07, 6.45) is 1.30. The van der Waals surface area contributed by atoms with Crippen LogP contribution in [-0.2, 0) is 14.3 Å². The third-order valence-electron chi connectivity index (χ3n) is 6.07. The first kappa shape index (κ1) is 21.6. The van der Waals surface area contributed by atoms with E-state index in [-0.39, 0.29) is 24.0 Å². The van der Waals surface area contributed by atoms with Gasteiger partial charge in [-0.25, -0.2) is 4.79 Å². The fourth-order valence-corrected chi connectivity index (χ4v) is 4.67. The second-order valence-electron chi connectivity index (χ2n) is 8.09. The van der Waals surface area contributed by atoms with Gasteiger partial charge in [0.15, 0.2) is 0 Å². The van der Waals surface area contributed by atoms with E-state index in [2.05, 4.69) is 15.5 Å². The van der Waals surface area contributed by atoms with E-state index >= 15 is 0 Å². The van der Waals surface area contributed by atoms with E-state index in [9.17, 15) is 9.59 Å². The van der Waals surface area contributed by atoms with Gasteiger partial charge in [0.2, 0.25) is 17.6 Å². The zero-order valence-electron chi connectivity index (χ0n) is 17.9. The van der Waals surface area contributed by atoms with E-state index in [1.165, 1.54) is 0 Å². The van der Waals surface area contributed by atoms with E-state index in [0.717, 1.165) is 18.4 Å². The van der Waals surface area contributed by atoms with Crippen molar-refractivity contribution in [3.8, 4) is 11.4 Å². The molecule has 0 spiro atoms. The molecule has 0 saturated carbocycles. The minimum atomic E-state index is -0.452. The molecule has 1 aromatic heterocycles. The highest BCUT2D eigenvalue weighted by molar-refractivity contribution is 6.30. The van der Waals surface area contributed by atoms with Gasteiger partial charge in [0.1, 0.15) is 0 Å². The molecule has 2 aliphatic rings. The summed E-state index contributed by atoms with van der Waals surface area (Å²) in [5, 5.41) is 7.66. The molecular formula is C24H22ClN3O5. The first-order valence-corrected chi connectivity index (χ1v) is 11.2. The zero-order chi connectivity index (χ0) is 22.9. The smallest absolute Gasteiger partial charge is 0.338 e. The number of aromatic nitrogens is 2. The highest BCUT2D eigenvalue weighted by Crippen LogP contribution is 2.49. The molecule has 3 aromatic rings. The molecule has 2 fully saturated rings.